The molecule has 0 aliphatic rings. The van der Waals surface area contributed by atoms with Gasteiger partial charge in [0.05, 0.1) is 5.56 Å². The standard InChI is InChI=1S/C10H13NO4S/c1-5-6(2)9(11)7(4-16(14)15)3-8(5)10(12)13/h3H,4,11H2,1-2H3,(H,12,13)(H,14,15)/p-1. The molecular weight excluding hydrogens is 230 g/mol. The van der Waals surface area contributed by atoms with Crippen molar-refractivity contribution < 1.29 is 18.7 Å². The van der Waals surface area contributed by atoms with Crippen molar-refractivity contribution in [1.29, 1.82) is 0 Å². The molecule has 88 valence electrons. The van der Waals surface area contributed by atoms with Crippen LogP contribution in [0, 0.1) is 13.8 Å². The number of carboxylic acid groups (broad SMARTS) is 1. The van der Waals surface area contributed by atoms with Crippen LogP contribution in [0.5, 0.6) is 0 Å². The molecule has 0 heterocycles. The van der Waals surface area contributed by atoms with E-state index in [2.05, 4.69) is 0 Å². The number of anilines is 1. The highest BCUT2D eigenvalue weighted by Crippen LogP contribution is 2.25. The van der Waals surface area contributed by atoms with Gasteiger partial charge in [0.15, 0.2) is 0 Å². The van der Waals surface area contributed by atoms with Gasteiger partial charge in [-0.3, -0.25) is 4.21 Å². The van der Waals surface area contributed by atoms with Crippen molar-refractivity contribution in [3.8, 4) is 0 Å². The molecule has 0 aliphatic carbocycles. The summed E-state index contributed by atoms with van der Waals surface area (Å²) in [5, 5.41) is 8.94. The molecule has 0 amide bonds. The molecular formula is C10H12NO4S-. The molecule has 1 unspecified atom stereocenters. The molecule has 0 saturated carbocycles. The van der Waals surface area contributed by atoms with Crippen molar-refractivity contribution >= 4 is 22.7 Å². The zero-order chi connectivity index (χ0) is 12.5. The first-order valence-corrected chi connectivity index (χ1v) is 5.76. The van der Waals surface area contributed by atoms with Crippen molar-refractivity contribution in [2.45, 2.75) is 19.6 Å². The number of hydrogen-bond acceptors (Lipinski definition) is 4. The molecule has 5 nitrogen and oxygen atoms in total. The van der Waals surface area contributed by atoms with Gasteiger partial charge in [-0.15, -0.1) is 0 Å². The highest BCUT2D eigenvalue weighted by molar-refractivity contribution is 7.78. The van der Waals surface area contributed by atoms with Gasteiger partial charge in [-0.2, -0.15) is 0 Å². The number of carbonyl (C=O) groups is 1. The molecule has 0 fully saturated rings. The van der Waals surface area contributed by atoms with Crippen molar-refractivity contribution in [1.82, 2.24) is 0 Å². The minimum Gasteiger partial charge on any atom is -0.772 e. The van der Waals surface area contributed by atoms with E-state index in [4.69, 9.17) is 10.8 Å². The summed E-state index contributed by atoms with van der Waals surface area (Å²) in [6.07, 6.45) is 0. The van der Waals surface area contributed by atoms with E-state index in [0.29, 0.717) is 22.4 Å². The molecule has 3 N–H and O–H groups in total. The maximum absolute atomic E-state index is 10.9. The summed E-state index contributed by atoms with van der Waals surface area (Å²) in [7, 11) is 0. The minimum atomic E-state index is -2.29. The van der Waals surface area contributed by atoms with Gasteiger partial charge in [0.1, 0.15) is 0 Å². The summed E-state index contributed by atoms with van der Waals surface area (Å²) in [5.74, 6) is -1.36. The number of aromatic carboxylic acids is 1. The fourth-order valence-corrected chi connectivity index (χ4v) is 1.97. The fraction of sp³-hybridized carbons (Fsp3) is 0.300. The van der Waals surface area contributed by atoms with Crippen LogP contribution >= 0.6 is 0 Å². The van der Waals surface area contributed by atoms with Crippen LogP contribution in [0.2, 0.25) is 0 Å². The maximum Gasteiger partial charge on any atom is 0.335 e. The first kappa shape index (κ1) is 12.7. The lowest BCUT2D eigenvalue weighted by atomic mass is 9.98. The number of rotatable bonds is 3. The third-order valence-electron chi connectivity index (χ3n) is 2.54. The van der Waals surface area contributed by atoms with E-state index in [1.165, 1.54) is 6.07 Å². The van der Waals surface area contributed by atoms with Crippen molar-refractivity contribution in [2.24, 2.45) is 0 Å². The van der Waals surface area contributed by atoms with Crippen LogP contribution in [0.3, 0.4) is 0 Å². The summed E-state index contributed by atoms with van der Waals surface area (Å²) < 4.78 is 21.2. The minimum absolute atomic E-state index is 0.0900. The van der Waals surface area contributed by atoms with Crippen LogP contribution in [-0.4, -0.2) is 19.8 Å². The number of nitrogen functional groups attached to an aromatic ring is 1. The number of carboxylic acids is 1. The quantitative estimate of drug-likeness (QED) is 0.607. The second-order valence-corrected chi connectivity index (χ2v) is 4.40. The Hall–Kier alpha value is -1.40. The predicted molar refractivity (Wildman–Crippen MR) is 59.9 cm³/mol. The van der Waals surface area contributed by atoms with Crippen molar-refractivity contribution in [3.05, 3.63) is 28.3 Å². The normalized spacial score (nSPS) is 12.4. The third-order valence-corrected chi connectivity index (χ3v) is 3.09. The van der Waals surface area contributed by atoms with Gasteiger partial charge < -0.3 is 15.4 Å². The third kappa shape index (κ3) is 2.40. The molecule has 1 aromatic carbocycles. The molecule has 1 atom stereocenters. The van der Waals surface area contributed by atoms with E-state index in [0.717, 1.165) is 0 Å². The molecule has 0 radical (unpaired) electrons. The second-order valence-electron chi connectivity index (χ2n) is 3.50. The Labute approximate surface area is 95.6 Å². The van der Waals surface area contributed by atoms with Crippen molar-refractivity contribution in [3.63, 3.8) is 0 Å². The Kier molecular flexibility index (Phi) is 3.66. The van der Waals surface area contributed by atoms with Crippen LogP contribution in [0.4, 0.5) is 5.69 Å². The average molecular weight is 242 g/mol. The lowest BCUT2D eigenvalue weighted by molar-refractivity contribution is 0.0696. The summed E-state index contributed by atoms with van der Waals surface area (Å²) in [6.45, 7) is 3.32. The number of nitrogens with two attached hydrogens (primary N) is 1. The lowest BCUT2D eigenvalue weighted by Crippen LogP contribution is -2.08. The Morgan fingerprint density at radius 2 is 2.06 bits per heavy atom. The van der Waals surface area contributed by atoms with Gasteiger partial charge in [-0.1, -0.05) is 11.1 Å². The zero-order valence-electron chi connectivity index (χ0n) is 8.94. The Balaban J connectivity index is 3.40. The van der Waals surface area contributed by atoms with Crippen LogP contribution in [-0.2, 0) is 16.8 Å². The van der Waals surface area contributed by atoms with E-state index in [9.17, 15) is 13.6 Å². The van der Waals surface area contributed by atoms with Crippen LogP contribution in [0.25, 0.3) is 0 Å². The maximum atomic E-state index is 10.9. The van der Waals surface area contributed by atoms with Crippen molar-refractivity contribution in [2.75, 3.05) is 5.73 Å². The van der Waals surface area contributed by atoms with Gasteiger partial charge in [-0.05, 0) is 36.6 Å². The smallest absolute Gasteiger partial charge is 0.335 e. The Bertz CT molecular complexity index is 470. The monoisotopic (exact) mass is 242 g/mol. The van der Waals surface area contributed by atoms with Crippen LogP contribution < -0.4 is 5.73 Å². The van der Waals surface area contributed by atoms with Crippen LogP contribution in [0.1, 0.15) is 27.0 Å². The summed E-state index contributed by atoms with van der Waals surface area (Å²) >= 11 is -2.29. The van der Waals surface area contributed by atoms with E-state index in [1.54, 1.807) is 13.8 Å². The highest BCUT2D eigenvalue weighted by atomic mass is 32.2. The van der Waals surface area contributed by atoms with Gasteiger partial charge in [-0.25, -0.2) is 4.79 Å². The SMILES string of the molecule is Cc1c(C(=O)O)cc(CS(=O)[O-])c(N)c1C. The Morgan fingerprint density at radius 3 is 2.50 bits per heavy atom. The summed E-state index contributed by atoms with van der Waals surface area (Å²) in [4.78, 5) is 10.9. The molecule has 6 heteroatoms. The molecule has 0 saturated heterocycles. The predicted octanol–water partition coefficient (Wildman–Crippen LogP) is 0.963. The first-order chi connectivity index (χ1) is 7.34. The second kappa shape index (κ2) is 4.63. The van der Waals surface area contributed by atoms with E-state index < -0.39 is 17.0 Å². The fourth-order valence-electron chi connectivity index (χ4n) is 1.47. The molecule has 1 aromatic rings. The molecule has 0 spiro atoms. The zero-order valence-corrected chi connectivity index (χ0v) is 9.76. The van der Waals surface area contributed by atoms with Gasteiger partial charge in [0.2, 0.25) is 0 Å². The average Bonchev–Trinajstić information content (AvgIpc) is 2.18. The Morgan fingerprint density at radius 1 is 1.50 bits per heavy atom. The molecule has 0 bridgehead atoms. The lowest BCUT2D eigenvalue weighted by Gasteiger charge is -2.14. The van der Waals surface area contributed by atoms with Gasteiger partial charge in [0.25, 0.3) is 0 Å². The van der Waals surface area contributed by atoms with E-state index in [-0.39, 0.29) is 11.3 Å². The van der Waals surface area contributed by atoms with Gasteiger partial charge >= 0.3 is 5.97 Å². The molecule has 1 rings (SSSR count). The molecule has 0 aromatic heterocycles. The summed E-state index contributed by atoms with van der Waals surface area (Å²) in [5.41, 5.74) is 7.66. The van der Waals surface area contributed by atoms with Gasteiger partial charge in [0, 0.05) is 11.4 Å². The number of hydrogen-bond donors (Lipinski definition) is 2. The first-order valence-electron chi connectivity index (χ1n) is 4.52. The molecule has 0 aliphatic heterocycles. The largest absolute Gasteiger partial charge is 0.772 e. The van der Waals surface area contributed by atoms with E-state index in [1.807, 2.05) is 0 Å². The highest BCUT2D eigenvalue weighted by Gasteiger charge is 2.14. The topological polar surface area (TPSA) is 103 Å². The summed E-state index contributed by atoms with van der Waals surface area (Å²) in [6, 6.07) is 1.32. The molecule has 16 heavy (non-hydrogen) atoms. The van der Waals surface area contributed by atoms with E-state index >= 15 is 0 Å². The van der Waals surface area contributed by atoms with Crippen LogP contribution in [0.15, 0.2) is 6.07 Å². The number of benzene rings is 1.